The summed E-state index contributed by atoms with van der Waals surface area (Å²) in [7, 11) is -4.12. The van der Waals surface area contributed by atoms with Gasteiger partial charge in [0.2, 0.25) is 0 Å². The van der Waals surface area contributed by atoms with Crippen molar-refractivity contribution in [2.45, 2.75) is 11.8 Å². The summed E-state index contributed by atoms with van der Waals surface area (Å²) in [5.74, 6) is 0.198. The fourth-order valence-corrected chi connectivity index (χ4v) is 3.85. The molecule has 0 aliphatic carbocycles. The molecule has 0 unspecified atom stereocenters. The van der Waals surface area contributed by atoms with Gasteiger partial charge in [-0.05, 0) is 37.3 Å². The van der Waals surface area contributed by atoms with Crippen LogP contribution in [-0.4, -0.2) is 13.4 Å². The van der Waals surface area contributed by atoms with Crippen molar-refractivity contribution in [3.63, 3.8) is 0 Å². The van der Waals surface area contributed by atoms with Crippen molar-refractivity contribution in [3.8, 4) is 5.75 Å². The van der Waals surface area contributed by atoms with Gasteiger partial charge in [-0.1, -0.05) is 35.3 Å². The Kier molecular flexibility index (Phi) is 4.19. The molecular weight excluding hydrogens is 357 g/mol. The molecule has 0 aliphatic rings. The van der Waals surface area contributed by atoms with Crippen LogP contribution in [0.5, 0.6) is 5.75 Å². The molecule has 0 radical (unpaired) electrons. The maximum absolute atomic E-state index is 12.5. The van der Waals surface area contributed by atoms with Crippen LogP contribution < -0.4 is 4.18 Å². The molecule has 0 amide bonds. The summed E-state index contributed by atoms with van der Waals surface area (Å²) >= 11 is 11.8. The SMILES string of the molecule is Cc1cc(OS(=O)(=O)c2cc(Cl)ccc2Cl)c2ccccc2n1. The molecule has 0 atom stereocenters. The van der Waals surface area contributed by atoms with Gasteiger partial charge in [-0.15, -0.1) is 0 Å². The fraction of sp³-hybridized carbons (Fsp3) is 0.0625. The van der Waals surface area contributed by atoms with Gasteiger partial charge in [-0.3, -0.25) is 4.98 Å². The van der Waals surface area contributed by atoms with Crippen LogP contribution in [0.25, 0.3) is 10.9 Å². The summed E-state index contributed by atoms with van der Waals surface area (Å²) in [4.78, 5) is 4.17. The number of halogens is 2. The van der Waals surface area contributed by atoms with Gasteiger partial charge in [0.05, 0.1) is 10.5 Å². The van der Waals surface area contributed by atoms with Crippen molar-refractivity contribution in [2.24, 2.45) is 0 Å². The zero-order valence-electron chi connectivity index (χ0n) is 12.0. The largest absolute Gasteiger partial charge is 0.378 e. The Bertz CT molecular complexity index is 1000. The Morgan fingerprint density at radius 1 is 1.04 bits per heavy atom. The Balaban J connectivity index is 2.13. The summed E-state index contributed by atoms with van der Waals surface area (Å²) in [5.41, 5.74) is 1.29. The Morgan fingerprint density at radius 2 is 1.78 bits per heavy atom. The van der Waals surface area contributed by atoms with E-state index in [2.05, 4.69) is 4.98 Å². The summed E-state index contributed by atoms with van der Waals surface area (Å²) in [5, 5.41) is 0.900. The summed E-state index contributed by atoms with van der Waals surface area (Å²) in [6, 6.07) is 12.9. The minimum Gasteiger partial charge on any atom is -0.378 e. The van der Waals surface area contributed by atoms with Crippen LogP contribution in [0.4, 0.5) is 0 Å². The molecule has 1 heterocycles. The van der Waals surface area contributed by atoms with Crippen LogP contribution in [-0.2, 0) is 10.1 Å². The van der Waals surface area contributed by atoms with Crippen LogP contribution in [0.2, 0.25) is 10.0 Å². The van der Waals surface area contributed by atoms with E-state index in [4.69, 9.17) is 27.4 Å². The first-order valence-electron chi connectivity index (χ1n) is 6.63. The summed E-state index contributed by atoms with van der Waals surface area (Å²) < 4.78 is 30.4. The Morgan fingerprint density at radius 3 is 2.57 bits per heavy atom. The molecule has 0 saturated heterocycles. The van der Waals surface area contributed by atoms with E-state index >= 15 is 0 Å². The quantitative estimate of drug-likeness (QED) is 0.633. The minimum atomic E-state index is -4.12. The van der Waals surface area contributed by atoms with Crippen LogP contribution in [0, 0.1) is 6.92 Å². The molecule has 1 aromatic heterocycles. The van der Waals surface area contributed by atoms with Gasteiger partial charge >= 0.3 is 10.1 Å². The summed E-state index contributed by atoms with van der Waals surface area (Å²) in [6.45, 7) is 1.76. The number of rotatable bonds is 3. The van der Waals surface area contributed by atoms with E-state index in [-0.39, 0.29) is 20.7 Å². The van der Waals surface area contributed by atoms with Crippen molar-refractivity contribution in [2.75, 3.05) is 0 Å². The lowest BCUT2D eigenvalue weighted by atomic mass is 10.2. The lowest BCUT2D eigenvalue weighted by molar-refractivity contribution is 0.488. The summed E-state index contributed by atoms with van der Waals surface area (Å²) in [6.07, 6.45) is 0. The van der Waals surface area contributed by atoms with E-state index < -0.39 is 10.1 Å². The van der Waals surface area contributed by atoms with E-state index in [1.807, 2.05) is 6.07 Å². The first kappa shape index (κ1) is 16.1. The number of hydrogen-bond donors (Lipinski definition) is 0. The standard InChI is InChI=1S/C16H11Cl2NO3S/c1-10-8-15(12-4-2-3-5-14(12)19-10)22-23(20,21)16-9-11(17)6-7-13(16)18/h2-9H,1H3. The van der Waals surface area contributed by atoms with Gasteiger partial charge < -0.3 is 4.18 Å². The minimum absolute atomic E-state index is 0.0458. The van der Waals surface area contributed by atoms with E-state index in [1.165, 1.54) is 18.2 Å². The number of nitrogens with zero attached hydrogens (tertiary/aromatic N) is 1. The lowest BCUT2D eigenvalue weighted by Gasteiger charge is -2.11. The van der Waals surface area contributed by atoms with Gasteiger partial charge in [-0.2, -0.15) is 8.42 Å². The molecule has 0 bridgehead atoms. The smallest absolute Gasteiger partial charge is 0.340 e. The number of hydrogen-bond acceptors (Lipinski definition) is 4. The highest BCUT2D eigenvalue weighted by atomic mass is 35.5. The second-order valence-electron chi connectivity index (χ2n) is 4.89. The number of aromatic nitrogens is 1. The molecule has 0 saturated carbocycles. The number of pyridine rings is 1. The molecule has 7 heteroatoms. The van der Waals surface area contributed by atoms with E-state index in [1.54, 1.807) is 31.2 Å². The van der Waals surface area contributed by atoms with Crippen LogP contribution >= 0.6 is 23.2 Å². The second kappa shape index (κ2) is 6.00. The molecular formula is C16H11Cl2NO3S. The van der Waals surface area contributed by atoms with Gasteiger partial charge in [0.1, 0.15) is 4.90 Å². The lowest BCUT2D eigenvalue weighted by Crippen LogP contribution is -2.11. The average molecular weight is 368 g/mol. The number of aryl methyl sites for hydroxylation is 1. The number of fused-ring (bicyclic) bond motifs is 1. The highest BCUT2D eigenvalue weighted by molar-refractivity contribution is 7.87. The highest BCUT2D eigenvalue weighted by Crippen LogP contribution is 2.31. The molecule has 3 aromatic rings. The van der Waals surface area contributed by atoms with Crippen molar-refractivity contribution in [3.05, 3.63) is 64.3 Å². The molecule has 118 valence electrons. The number of para-hydroxylation sites is 1. The van der Waals surface area contributed by atoms with Crippen molar-refractivity contribution < 1.29 is 12.6 Å². The zero-order valence-corrected chi connectivity index (χ0v) is 14.3. The zero-order chi connectivity index (χ0) is 16.6. The monoisotopic (exact) mass is 367 g/mol. The predicted octanol–water partition coefficient (Wildman–Crippen LogP) is 4.62. The molecule has 3 rings (SSSR count). The third-order valence-corrected chi connectivity index (χ3v) is 5.12. The van der Waals surface area contributed by atoms with Gasteiger partial charge in [0.15, 0.2) is 5.75 Å². The first-order chi connectivity index (χ1) is 10.9. The maximum Gasteiger partial charge on any atom is 0.340 e. The van der Waals surface area contributed by atoms with Crippen LogP contribution in [0.3, 0.4) is 0 Å². The fourth-order valence-electron chi connectivity index (χ4n) is 2.17. The second-order valence-corrected chi connectivity index (χ2v) is 7.25. The molecule has 0 N–H and O–H groups in total. The Hall–Kier alpha value is -1.82. The Labute approximate surface area is 143 Å². The molecule has 0 aliphatic heterocycles. The van der Waals surface area contributed by atoms with Crippen molar-refractivity contribution in [1.82, 2.24) is 4.98 Å². The van der Waals surface area contributed by atoms with Crippen LogP contribution in [0.15, 0.2) is 53.4 Å². The molecule has 23 heavy (non-hydrogen) atoms. The normalized spacial score (nSPS) is 11.6. The molecule has 0 spiro atoms. The average Bonchev–Trinajstić information content (AvgIpc) is 2.49. The van der Waals surface area contributed by atoms with E-state index in [9.17, 15) is 8.42 Å². The topological polar surface area (TPSA) is 56.3 Å². The van der Waals surface area contributed by atoms with Gasteiger partial charge in [0, 0.05) is 22.2 Å². The third-order valence-electron chi connectivity index (χ3n) is 3.17. The van der Waals surface area contributed by atoms with Crippen molar-refractivity contribution in [1.29, 1.82) is 0 Å². The molecule has 4 nitrogen and oxygen atoms in total. The first-order valence-corrected chi connectivity index (χ1v) is 8.79. The number of benzene rings is 2. The predicted molar refractivity (Wildman–Crippen MR) is 90.8 cm³/mol. The molecule has 0 fully saturated rings. The van der Waals surface area contributed by atoms with Gasteiger partial charge in [-0.25, -0.2) is 0 Å². The van der Waals surface area contributed by atoms with E-state index in [0.29, 0.717) is 16.6 Å². The van der Waals surface area contributed by atoms with Crippen molar-refractivity contribution >= 4 is 44.2 Å². The van der Waals surface area contributed by atoms with Crippen LogP contribution in [0.1, 0.15) is 5.69 Å². The maximum atomic E-state index is 12.5. The van der Waals surface area contributed by atoms with Gasteiger partial charge in [0.25, 0.3) is 0 Å². The van der Waals surface area contributed by atoms with E-state index in [0.717, 1.165) is 0 Å². The molecule has 2 aromatic carbocycles. The third kappa shape index (κ3) is 3.27. The highest BCUT2D eigenvalue weighted by Gasteiger charge is 2.22.